The monoisotopic (exact) mass is 235 g/mol. The smallest absolute Gasteiger partial charge is 0.0703 e. The van der Waals surface area contributed by atoms with Gasteiger partial charge in [0.05, 0.1) is 18.5 Å². The number of hydrogen-bond acceptors (Lipinski definition) is 4. The second kappa shape index (κ2) is 5.47. The molecule has 0 unspecified atom stereocenters. The van der Waals surface area contributed by atoms with Crippen molar-refractivity contribution in [2.45, 2.75) is 25.5 Å². The molecule has 17 heavy (non-hydrogen) atoms. The Kier molecular flexibility index (Phi) is 3.97. The van der Waals surface area contributed by atoms with Gasteiger partial charge in [0, 0.05) is 24.8 Å². The van der Waals surface area contributed by atoms with E-state index in [9.17, 15) is 5.11 Å². The van der Waals surface area contributed by atoms with E-state index < -0.39 is 0 Å². The molecule has 1 aromatic heterocycles. The molecule has 2 heterocycles. The van der Waals surface area contributed by atoms with Crippen LogP contribution < -0.4 is 4.90 Å². The van der Waals surface area contributed by atoms with Gasteiger partial charge in [-0.15, -0.1) is 0 Å². The summed E-state index contributed by atoms with van der Waals surface area (Å²) in [5, 5.41) is 9.35. The van der Waals surface area contributed by atoms with Crippen LogP contribution in [-0.2, 0) is 6.61 Å². The van der Waals surface area contributed by atoms with Gasteiger partial charge in [-0.3, -0.25) is 4.98 Å². The number of aliphatic hydroxyl groups excluding tert-OH is 1. The molecule has 1 aliphatic heterocycles. The average molecular weight is 235 g/mol. The highest BCUT2D eigenvalue weighted by atomic mass is 16.3. The van der Waals surface area contributed by atoms with Crippen molar-refractivity contribution >= 4 is 5.69 Å². The van der Waals surface area contributed by atoms with Crippen LogP contribution in [0.5, 0.6) is 0 Å². The molecular weight excluding hydrogens is 214 g/mol. The first-order chi connectivity index (χ1) is 8.22. The third kappa shape index (κ3) is 2.76. The van der Waals surface area contributed by atoms with Gasteiger partial charge < -0.3 is 14.9 Å². The van der Waals surface area contributed by atoms with E-state index in [1.54, 1.807) is 6.20 Å². The minimum atomic E-state index is 0.0782. The maximum atomic E-state index is 9.35. The number of piperidine rings is 1. The molecule has 0 bridgehead atoms. The molecule has 4 heteroatoms. The van der Waals surface area contributed by atoms with Gasteiger partial charge in [-0.25, -0.2) is 0 Å². The number of anilines is 1. The fourth-order valence-corrected chi connectivity index (χ4v) is 2.45. The molecule has 1 aliphatic rings. The van der Waals surface area contributed by atoms with Crippen LogP contribution in [-0.4, -0.2) is 48.2 Å². The Morgan fingerprint density at radius 1 is 1.47 bits per heavy atom. The molecule has 94 valence electrons. The number of aromatic nitrogens is 1. The Hall–Kier alpha value is -1.13. The van der Waals surface area contributed by atoms with Crippen molar-refractivity contribution in [2.24, 2.45) is 0 Å². The zero-order chi connectivity index (χ0) is 12.3. The number of nitrogens with zero attached hydrogens (tertiary/aromatic N) is 3. The number of pyridine rings is 1. The lowest BCUT2D eigenvalue weighted by atomic mass is 10.0. The summed E-state index contributed by atoms with van der Waals surface area (Å²) in [6, 6.07) is 2.45. The molecule has 0 aromatic carbocycles. The fourth-order valence-electron chi connectivity index (χ4n) is 2.45. The molecule has 4 nitrogen and oxygen atoms in total. The Morgan fingerprint density at radius 2 is 2.18 bits per heavy atom. The van der Waals surface area contributed by atoms with E-state index in [2.05, 4.69) is 28.9 Å². The summed E-state index contributed by atoms with van der Waals surface area (Å²) in [7, 11) is 4.27. The van der Waals surface area contributed by atoms with Crippen LogP contribution in [0, 0.1) is 0 Å². The molecule has 1 aromatic rings. The maximum Gasteiger partial charge on any atom is 0.0703 e. The second-order valence-electron chi connectivity index (χ2n) is 4.81. The lowest BCUT2D eigenvalue weighted by molar-refractivity contribution is 0.251. The zero-order valence-electron chi connectivity index (χ0n) is 10.6. The number of likely N-dealkylation sites (tertiary alicyclic amines) is 1. The minimum absolute atomic E-state index is 0.0782. The van der Waals surface area contributed by atoms with Crippen LogP contribution in [0.3, 0.4) is 0 Å². The van der Waals surface area contributed by atoms with Gasteiger partial charge in [0.1, 0.15) is 0 Å². The molecule has 0 atom stereocenters. The van der Waals surface area contributed by atoms with Crippen LogP contribution in [0.4, 0.5) is 5.69 Å². The number of rotatable bonds is 3. The van der Waals surface area contributed by atoms with E-state index in [1.165, 1.54) is 12.8 Å². The van der Waals surface area contributed by atoms with E-state index in [0.29, 0.717) is 6.04 Å². The van der Waals surface area contributed by atoms with Crippen molar-refractivity contribution < 1.29 is 5.11 Å². The summed E-state index contributed by atoms with van der Waals surface area (Å²) in [4.78, 5) is 8.79. The SMILES string of the molecule is CN1CCC(N(C)c2cnccc2CO)CC1. The van der Waals surface area contributed by atoms with Crippen LogP contribution in [0.1, 0.15) is 18.4 Å². The van der Waals surface area contributed by atoms with E-state index in [-0.39, 0.29) is 6.61 Å². The van der Waals surface area contributed by atoms with Crippen molar-refractivity contribution in [3.05, 3.63) is 24.0 Å². The van der Waals surface area contributed by atoms with Crippen molar-refractivity contribution in [3.63, 3.8) is 0 Å². The fraction of sp³-hybridized carbons (Fsp3) is 0.615. The average Bonchev–Trinajstić information content (AvgIpc) is 2.39. The maximum absolute atomic E-state index is 9.35. The second-order valence-corrected chi connectivity index (χ2v) is 4.81. The predicted octanol–water partition coefficient (Wildman–Crippen LogP) is 1.10. The molecule has 1 saturated heterocycles. The summed E-state index contributed by atoms with van der Waals surface area (Å²) in [5.74, 6) is 0. The standard InChI is InChI=1S/C13H21N3O/c1-15-7-4-12(5-8-15)16(2)13-9-14-6-3-11(13)10-17/h3,6,9,12,17H,4-5,7-8,10H2,1-2H3. The molecular formula is C13H21N3O. The zero-order valence-corrected chi connectivity index (χ0v) is 10.6. The lowest BCUT2D eigenvalue weighted by Gasteiger charge is -2.36. The van der Waals surface area contributed by atoms with Crippen LogP contribution >= 0.6 is 0 Å². The third-order valence-corrected chi connectivity index (χ3v) is 3.67. The minimum Gasteiger partial charge on any atom is -0.392 e. The van der Waals surface area contributed by atoms with Gasteiger partial charge in [0.2, 0.25) is 0 Å². The van der Waals surface area contributed by atoms with Gasteiger partial charge in [0.15, 0.2) is 0 Å². The highest BCUT2D eigenvalue weighted by Crippen LogP contribution is 2.24. The molecule has 0 spiro atoms. The molecule has 0 aliphatic carbocycles. The molecule has 0 radical (unpaired) electrons. The topological polar surface area (TPSA) is 39.6 Å². The van der Waals surface area contributed by atoms with Gasteiger partial charge in [-0.2, -0.15) is 0 Å². The Bertz CT molecular complexity index is 361. The normalized spacial score (nSPS) is 18.3. The Labute approximate surface area is 103 Å². The summed E-state index contributed by atoms with van der Waals surface area (Å²) < 4.78 is 0. The van der Waals surface area contributed by atoms with E-state index in [1.807, 2.05) is 12.3 Å². The van der Waals surface area contributed by atoms with Crippen LogP contribution in [0.2, 0.25) is 0 Å². The quantitative estimate of drug-likeness (QED) is 0.852. The molecule has 2 rings (SSSR count). The van der Waals surface area contributed by atoms with Gasteiger partial charge in [-0.05, 0) is 39.0 Å². The predicted molar refractivity (Wildman–Crippen MR) is 69.1 cm³/mol. The van der Waals surface area contributed by atoms with E-state index in [0.717, 1.165) is 24.3 Å². The van der Waals surface area contributed by atoms with Gasteiger partial charge >= 0.3 is 0 Å². The first-order valence-corrected chi connectivity index (χ1v) is 6.17. The first-order valence-electron chi connectivity index (χ1n) is 6.17. The Balaban J connectivity index is 2.10. The largest absolute Gasteiger partial charge is 0.392 e. The lowest BCUT2D eigenvalue weighted by Crippen LogP contribution is -2.42. The molecule has 0 saturated carbocycles. The summed E-state index contributed by atoms with van der Waals surface area (Å²) in [5.41, 5.74) is 2.02. The third-order valence-electron chi connectivity index (χ3n) is 3.67. The number of aliphatic hydroxyl groups is 1. The van der Waals surface area contributed by atoms with E-state index in [4.69, 9.17) is 0 Å². The molecule has 1 fully saturated rings. The van der Waals surface area contributed by atoms with Crippen molar-refractivity contribution in [3.8, 4) is 0 Å². The van der Waals surface area contributed by atoms with Crippen LogP contribution in [0.15, 0.2) is 18.5 Å². The van der Waals surface area contributed by atoms with E-state index >= 15 is 0 Å². The summed E-state index contributed by atoms with van der Waals surface area (Å²) in [6.45, 7) is 2.36. The molecule has 1 N–H and O–H groups in total. The van der Waals surface area contributed by atoms with Crippen molar-refractivity contribution in [1.82, 2.24) is 9.88 Å². The van der Waals surface area contributed by atoms with Crippen LogP contribution in [0.25, 0.3) is 0 Å². The van der Waals surface area contributed by atoms with Gasteiger partial charge in [0.25, 0.3) is 0 Å². The highest BCUT2D eigenvalue weighted by molar-refractivity contribution is 5.51. The first kappa shape index (κ1) is 12.3. The summed E-state index contributed by atoms with van der Waals surface area (Å²) >= 11 is 0. The highest BCUT2D eigenvalue weighted by Gasteiger charge is 2.22. The Morgan fingerprint density at radius 3 is 2.82 bits per heavy atom. The van der Waals surface area contributed by atoms with Crippen molar-refractivity contribution in [1.29, 1.82) is 0 Å². The van der Waals surface area contributed by atoms with Gasteiger partial charge in [-0.1, -0.05) is 0 Å². The molecule has 0 amide bonds. The van der Waals surface area contributed by atoms with Crippen molar-refractivity contribution in [2.75, 3.05) is 32.1 Å². The summed E-state index contributed by atoms with van der Waals surface area (Å²) in [6.07, 6.45) is 5.93. The number of hydrogen-bond donors (Lipinski definition) is 1.